The average molecular weight is 228 g/mol. The summed E-state index contributed by atoms with van der Waals surface area (Å²) in [6.07, 6.45) is 0. The number of carboxylic acid groups (broad SMARTS) is 1. The van der Waals surface area contributed by atoms with E-state index in [1.807, 2.05) is 0 Å². The highest BCUT2D eigenvalue weighted by Gasteiger charge is 2.13. The predicted octanol–water partition coefficient (Wildman–Crippen LogP) is 0.820. The molecule has 1 rings (SSSR count). The van der Waals surface area contributed by atoms with Crippen molar-refractivity contribution in [3.05, 3.63) is 23.8 Å². The number of nitrogens with two attached hydrogens (primary N) is 1. The lowest BCUT2D eigenvalue weighted by atomic mass is 10.2. The molecule has 0 fully saturated rings. The van der Waals surface area contributed by atoms with Crippen LogP contribution in [0.15, 0.2) is 18.2 Å². The van der Waals surface area contributed by atoms with E-state index < -0.39 is 17.7 Å². The summed E-state index contributed by atoms with van der Waals surface area (Å²) in [4.78, 5) is 21.3. The number of carboxylic acids is 1. The summed E-state index contributed by atoms with van der Waals surface area (Å²) in [6, 6.07) is 2.71. The average Bonchev–Trinajstić information content (AvgIpc) is 2.15. The molecule has 0 aliphatic carbocycles. The fraction of sp³-hybridized carbons (Fsp3) is 0. The Morgan fingerprint density at radius 1 is 1.40 bits per heavy atom. The lowest BCUT2D eigenvalue weighted by Gasteiger charge is -2.13. The van der Waals surface area contributed by atoms with Gasteiger partial charge in [0.05, 0.1) is 5.69 Å². The van der Waals surface area contributed by atoms with Gasteiger partial charge >= 0.3 is 12.0 Å². The number of rotatable bonds is 2. The smallest absolute Gasteiger partial charge is 0.339 e. The van der Waals surface area contributed by atoms with E-state index in [1.165, 1.54) is 6.07 Å². The van der Waals surface area contributed by atoms with E-state index in [9.17, 15) is 14.7 Å². The number of primary amides is 1. The van der Waals surface area contributed by atoms with Gasteiger partial charge in [0.2, 0.25) is 0 Å². The third-order valence-corrected chi connectivity index (χ3v) is 2.09. The number of aromatic carboxylic acids is 1. The van der Waals surface area contributed by atoms with Crippen LogP contribution in [0.3, 0.4) is 0 Å². The Hall–Kier alpha value is -1.89. The molecule has 6 nitrogen and oxygen atoms in total. The predicted molar refractivity (Wildman–Crippen MR) is 56.1 cm³/mol. The van der Waals surface area contributed by atoms with E-state index in [4.69, 9.17) is 10.8 Å². The zero-order chi connectivity index (χ0) is 11.6. The summed E-state index contributed by atoms with van der Waals surface area (Å²) >= 11 is 3.75. The fourth-order valence-corrected chi connectivity index (χ4v) is 1.08. The van der Waals surface area contributed by atoms with E-state index in [0.29, 0.717) is 0 Å². The third kappa shape index (κ3) is 2.32. The van der Waals surface area contributed by atoms with Crippen molar-refractivity contribution in [3.63, 3.8) is 0 Å². The van der Waals surface area contributed by atoms with Crippen LogP contribution in [0.25, 0.3) is 0 Å². The maximum atomic E-state index is 10.7. The molecule has 0 unspecified atom stereocenters. The number of hydrogen-bond donors (Lipinski definition) is 4. The Labute approximate surface area is 90.5 Å². The number of amides is 2. The number of phenols is 1. The number of carbonyl (C=O) groups is 2. The van der Waals surface area contributed by atoms with Crippen LogP contribution < -0.4 is 10.0 Å². The van der Waals surface area contributed by atoms with Gasteiger partial charge in [0, 0.05) is 6.07 Å². The van der Waals surface area contributed by atoms with Crippen molar-refractivity contribution in [1.82, 2.24) is 0 Å². The van der Waals surface area contributed by atoms with Gasteiger partial charge in [-0.25, -0.2) is 13.9 Å². The second-order valence-electron chi connectivity index (χ2n) is 2.66. The van der Waals surface area contributed by atoms with Gasteiger partial charge in [0.25, 0.3) is 0 Å². The number of thiol groups is 1. The summed E-state index contributed by atoms with van der Waals surface area (Å²) in [7, 11) is 0. The molecule has 0 atom stereocenters. The van der Waals surface area contributed by atoms with Gasteiger partial charge in [-0.15, -0.1) is 0 Å². The van der Waals surface area contributed by atoms with Gasteiger partial charge < -0.3 is 15.9 Å². The van der Waals surface area contributed by atoms with Gasteiger partial charge in [-0.1, -0.05) is 12.8 Å². The number of urea groups is 1. The van der Waals surface area contributed by atoms with Crippen molar-refractivity contribution in [2.45, 2.75) is 0 Å². The monoisotopic (exact) mass is 228 g/mol. The van der Waals surface area contributed by atoms with Gasteiger partial charge in [-0.05, 0) is 12.1 Å². The SMILES string of the molecule is NC(=O)N(S)c1ccc(C(=O)O)c(O)c1. The molecule has 0 bridgehead atoms. The molecular weight excluding hydrogens is 220 g/mol. The van der Waals surface area contributed by atoms with Crippen LogP contribution in [0, 0.1) is 0 Å². The Bertz CT molecular complexity index is 421. The first kappa shape index (κ1) is 11.2. The molecule has 0 saturated carbocycles. The molecule has 1 aromatic carbocycles. The van der Waals surface area contributed by atoms with E-state index in [0.717, 1.165) is 16.4 Å². The summed E-state index contributed by atoms with van der Waals surface area (Å²) in [5.41, 5.74) is 4.86. The van der Waals surface area contributed by atoms with Crippen molar-refractivity contribution in [1.29, 1.82) is 0 Å². The lowest BCUT2D eigenvalue weighted by molar-refractivity contribution is 0.0694. The van der Waals surface area contributed by atoms with Crippen LogP contribution >= 0.6 is 12.8 Å². The highest BCUT2D eigenvalue weighted by atomic mass is 32.1. The molecule has 0 aliphatic rings. The van der Waals surface area contributed by atoms with Crippen LogP contribution in [0.5, 0.6) is 5.75 Å². The molecular formula is C8H8N2O4S. The number of carbonyl (C=O) groups excluding carboxylic acids is 1. The van der Waals surface area contributed by atoms with E-state index >= 15 is 0 Å². The lowest BCUT2D eigenvalue weighted by Crippen LogP contribution is -2.27. The first-order valence-corrected chi connectivity index (χ1v) is 4.18. The largest absolute Gasteiger partial charge is 0.507 e. The van der Waals surface area contributed by atoms with Gasteiger partial charge in [0.15, 0.2) is 0 Å². The molecule has 0 radical (unpaired) electrons. The minimum absolute atomic E-state index is 0.188. The molecule has 1 aromatic rings. The highest BCUT2D eigenvalue weighted by molar-refractivity contribution is 7.82. The Morgan fingerprint density at radius 3 is 2.40 bits per heavy atom. The molecule has 0 saturated heterocycles. The second kappa shape index (κ2) is 4.09. The number of aromatic hydroxyl groups is 1. The Balaban J connectivity index is 3.12. The van der Waals surface area contributed by atoms with Crippen LogP contribution in [-0.2, 0) is 0 Å². The number of anilines is 1. The first-order valence-electron chi connectivity index (χ1n) is 3.78. The Kier molecular flexibility index (Phi) is 3.05. The normalized spacial score (nSPS) is 9.67. The summed E-state index contributed by atoms with van der Waals surface area (Å²) in [5.74, 6) is -1.72. The first-order chi connectivity index (χ1) is 6.93. The summed E-state index contributed by atoms with van der Waals surface area (Å²) < 4.78 is 0.783. The van der Waals surface area contributed by atoms with Gasteiger partial charge in [-0.3, -0.25) is 0 Å². The van der Waals surface area contributed by atoms with Gasteiger partial charge in [-0.2, -0.15) is 0 Å². The maximum absolute atomic E-state index is 10.7. The fourth-order valence-electron chi connectivity index (χ4n) is 0.960. The molecule has 2 amide bonds. The van der Waals surface area contributed by atoms with E-state index in [2.05, 4.69) is 12.8 Å². The molecule has 4 N–H and O–H groups in total. The van der Waals surface area contributed by atoms with Crippen LogP contribution in [0.1, 0.15) is 10.4 Å². The molecule has 80 valence electrons. The quantitative estimate of drug-likeness (QED) is 0.562. The zero-order valence-corrected chi connectivity index (χ0v) is 8.31. The van der Waals surface area contributed by atoms with Crippen molar-refractivity contribution in [3.8, 4) is 5.75 Å². The van der Waals surface area contributed by atoms with Crippen LogP contribution in [0.2, 0.25) is 0 Å². The molecule has 15 heavy (non-hydrogen) atoms. The maximum Gasteiger partial charge on any atom is 0.339 e. The molecule has 0 spiro atoms. The molecule has 0 aliphatic heterocycles. The second-order valence-corrected chi connectivity index (χ2v) is 3.06. The van der Waals surface area contributed by atoms with Crippen molar-refractivity contribution in [2.75, 3.05) is 4.31 Å². The molecule has 0 heterocycles. The Morgan fingerprint density at radius 2 is 2.00 bits per heavy atom. The van der Waals surface area contributed by atoms with Crippen LogP contribution in [0.4, 0.5) is 10.5 Å². The van der Waals surface area contributed by atoms with Gasteiger partial charge in [0.1, 0.15) is 11.3 Å². The topological polar surface area (TPSA) is 104 Å². The van der Waals surface area contributed by atoms with Crippen molar-refractivity contribution >= 4 is 30.5 Å². The standard InChI is InChI=1S/C8H8N2O4S/c9-8(14)10(15)4-1-2-5(7(12)13)6(11)3-4/h1-3,11,15H,(H2,9,14)(H,12,13). The third-order valence-electron chi connectivity index (χ3n) is 1.67. The number of hydrogen-bond acceptors (Lipinski definition) is 4. The number of benzene rings is 1. The number of nitrogens with zero attached hydrogens (tertiary/aromatic N) is 1. The zero-order valence-electron chi connectivity index (χ0n) is 7.41. The molecule has 0 aromatic heterocycles. The van der Waals surface area contributed by atoms with Crippen LogP contribution in [-0.4, -0.2) is 22.2 Å². The van der Waals surface area contributed by atoms with Crippen molar-refractivity contribution < 1.29 is 19.8 Å². The van der Waals surface area contributed by atoms with E-state index in [1.54, 1.807) is 0 Å². The summed E-state index contributed by atoms with van der Waals surface area (Å²) in [5, 5.41) is 17.9. The minimum Gasteiger partial charge on any atom is -0.507 e. The highest BCUT2D eigenvalue weighted by Crippen LogP contribution is 2.25. The van der Waals surface area contributed by atoms with E-state index in [-0.39, 0.29) is 11.3 Å². The minimum atomic E-state index is -1.26. The van der Waals surface area contributed by atoms with Crippen molar-refractivity contribution in [2.24, 2.45) is 5.73 Å². The molecule has 7 heteroatoms. The summed E-state index contributed by atoms with van der Waals surface area (Å²) in [6.45, 7) is 0.